The van der Waals surface area contributed by atoms with E-state index >= 15 is 0 Å². The lowest BCUT2D eigenvalue weighted by Gasteiger charge is -2.31. The van der Waals surface area contributed by atoms with Gasteiger partial charge in [0.25, 0.3) is 0 Å². The van der Waals surface area contributed by atoms with Gasteiger partial charge in [-0.25, -0.2) is 4.98 Å². The maximum atomic E-state index is 12.5. The normalized spacial score (nSPS) is 27.4. The molecule has 0 N–H and O–H groups in total. The molecule has 2 saturated carbocycles. The molecule has 0 aromatic carbocycles. The van der Waals surface area contributed by atoms with Crippen LogP contribution in [-0.2, 0) is 4.79 Å². The quantitative estimate of drug-likeness (QED) is 0.439. The molecule has 0 atom stereocenters. The van der Waals surface area contributed by atoms with E-state index in [0.717, 1.165) is 37.0 Å². The van der Waals surface area contributed by atoms with E-state index < -0.39 is 0 Å². The highest BCUT2D eigenvalue weighted by Gasteiger charge is 2.28. The third-order valence-corrected chi connectivity index (χ3v) is 7.09. The molecule has 29 heavy (non-hydrogen) atoms. The van der Waals surface area contributed by atoms with Crippen LogP contribution in [0.2, 0.25) is 0 Å². The van der Waals surface area contributed by atoms with Crippen LogP contribution in [0.25, 0.3) is 0 Å². The predicted molar refractivity (Wildman–Crippen MR) is 116 cm³/mol. The minimum absolute atomic E-state index is 0.0438. The van der Waals surface area contributed by atoms with Gasteiger partial charge in [-0.2, -0.15) is 0 Å². The van der Waals surface area contributed by atoms with Crippen molar-refractivity contribution in [3.8, 4) is 11.6 Å². The van der Waals surface area contributed by atoms with E-state index in [1.807, 2.05) is 0 Å². The van der Waals surface area contributed by atoms with Crippen molar-refractivity contribution in [2.24, 2.45) is 23.7 Å². The first-order chi connectivity index (χ1) is 14.2. The molecule has 0 spiro atoms. The highest BCUT2D eigenvalue weighted by Crippen LogP contribution is 2.37. The lowest BCUT2D eigenvalue weighted by atomic mass is 9.75. The van der Waals surface area contributed by atoms with E-state index in [9.17, 15) is 4.79 Å². The van der Waals surface area contributed by atoms with E-state index in [-0.39, 0.29) is 11.9 Å². The summed E-state index contributed by atoms with van der Waals surface area (Å²) in [6, 6.07) is 3.54. The predicted octanol–water partition coefficient (Wildman–Crippen LogP) is 6.58. The summed E-state index contributed by atoms with van der Waals surface area (Å²) in [7, 11) is 0. The Kier molecular flexibility index (Phi) is 8.82. The van der Waals surface area contributed by atoms with Gasteiger partial charge in [0.2, 0.25) is 5.88 Å². The van der Waals surface area contributed by atoms with Crippen molar-refractivity contribution in [3.63, 3.8) is 0 Å². The van der Waals surface area contributed by atoms with Gasteiger partial charge < -0.3 is 9.47 Å². The standard InChI is InChI=1S/C25H39NO3/c1-3-17-28-24-16-15-23(18-26-24)29-25(27)22-13-11-21(12-14-22)10-9-20-7-5-19(4-2)6-8-20/h15-16,18-22H,3-14,17H2,1-2H3. The van der Waals surface area contributed by atoms with Gasteiger partial charge >= 0.3 is 5.97 Å². The van der Waals surface area contributed by atoms with Gasteiger partial charge in [0.1, 0.15) is 5.75 Å². The summed E-state index contributed by atoms with van der Waals surface area (Å²) in [5, 5.41) is 0. The van der Waals surface area contributed by atoms with Gasteiger partial charge in [-0.3, -0.25) is 4.79 Å². The zero-order valence-corrected chi connectivity index (χ0v) is 18.4. The zero-order chi connectivity index (χ0) is 20.5. The van der Waals surface area contributed by atoms with Gasteiger partial charge in [0, 0.05) is 6.07 Å². The van der Waals surface area contributed by atoms with Crippen LogP contribution >= 0.6 is 0 Å². The summed E-state index contributed by atoms with van der Waals surface area (Å²) in [5.74, 6) is 3.80. The number of esters is 1. The van der Waals surface area contributed by atoms with Crippen LogP contribution in [0.1, 0.15) is 90.9 Å². The minimum atomic E-state index is -0.0923. The number of carbonyl (C=O) groups is 1. The van der Waals surface area contributed by atoms with Gasteiger partial charge in [-0.15, -0.1) is 0 Å². The Balaban J connectivity index is 1.34. The number of hydrogen-bond acceptors (Lipinski definition) is 4. The largest absolute Gasteiger partial charge is 0.478 e. The molecule has 1 aromatic rings. The molecular formula is C25H39NO3. The number of nitrogens with zero attached hydrogens (tertiary/aromatic N) is 1. The third-order valence-electron chi connectivity index (χ3n) is 7.09. The van der Waals surface area contributed by atoms with Crippen LogP contribution in [0.15, 0.2) is 18.3 Å². The van der Waals surface area contributed by atoms with E-state index in [2.05, 4.69) is 18.8 Å². The van der Waals surface area contributed by atoms with E-state index in [4.69, 9.17) is 9.47 Å². The van der Waals surface area contributed by atoms with Crippen molar-refractivity contribution in [3.05, 3.63) is 18.3 Å². The molecule has 4 heteroatoms. The summed E-state index contributed by atoms with van der Waals surface area (Å²) >= 11 is 0. The van der Waals surface area contributed by atoms with Gasteiger partial charge in [0.15, 0.2) is 0 Å². The molecule has 0 amide bonds. The van der Waals surface area contributed by atoms with Gasteiger partial charge in [-0.1, -0.05) is 58.8 Å². The molecule has 0 radical (unpaired) electrons. The molecule has 1 aromatic heterocycles. The van der Waals surface area contributed by atoms with Crippen LogP contribution in [0, 0.1) is 23.7 Å². The number of carbonyl (C=O) groups excluding carboxylic acids is 1. The van der Waals surface area contributed by atoms with Crippen molar-refractivity contribution in [2.45, 2.75) is 90.9 Å². The Morgan fingerprint density at radius 2 is 1.55 bits per heavy atom. The molecule has 3 rings (SSSR count). The molecule has 0 unspecified atom stereocenters. The van der Waals surface area contributed by atoms with Crippen LogP contribution in [0.3, 0.4) is 0 Å². The highest BCUT2D eigenvalue weighted by atomic mass is 16.5. The lowest BCUT2D eigenvalue weighted by molar-refractivity contribution is -0.140. The van der Waals surface area contributed by atoms with Crippen molar-refractivity contribution in [1.29, 1.82) is 0 Å². The molecular weight excluding hydrogens is 362 g/mol. The summed E-state index contributed by atoms with van der Waals surface area (Å²) in [4.78, 5) is 16.7. The topological polar surface area (TPSA) is 48.4 Å². The molecule has 4 nitrogen and oxygen atoms in total. The molecule has 162 valence electrons. The first-order valence-corrected chi connectivity index (χ1v) is 12.0. The van der Waals surface area contributed by atoms with Crippen LogP contribution in [0.4, 0.5) is 0 Å². The van der Waals surface area contributed by atoms with Crippen LogP contribution < -0.4 is 9.47 Å². The third kappa shape index (κ3) is 7.01. The lowest BCUT2D eigenvalue weighted by Crippen LogP contribution is -2.26. The van der Waals surface area contributed by atoms with Crippen LogP contribution in [-0.4, -0.2) is 17.6 Å². The van der Waals surface area contributed by atoms with Crippen molar-refractivity contribution in [2.75, 3.05) is 6.61 Å². The average Bonchev–Trinajstić information content (AvgIpc) is 2.78. The smallest absolute Gasteiger partial charge is 0.314 e. The SMILES string of the molecule is CCCOc1ccc(OC(=O)C2CCC(CCC3CCC(CC)CC3)CC2)cn1. The summed E-state index contributed by atoms with van der Waals surface area (Å²) < 4.78 is 11.0. The molecule has 2 fully saturated rings. The first kappa shape index (κ1) is 22.1. The Hall–Kier alpha value is -1.58. The molecule has 2 aliphatic carbocycles. The number of pyridine rings is 1. The number of hydrogen-bond donors (Lipinski definition) is 0. The average molecular weight is 402 g/mol. The molecule has 0 saturated heterocycles. The monoisotopic (exact) mass is 401 g/mol. The number of ether oxygens (including phenoxy) is 2. The summed E-state index contributed by atoms with van der Waals surface area (Å²) in [5.41, 5.74) is 0. The fourth-order valence-electron chi connectivity index (χ4n) is 5.01. The molecule has 1 heterocycles. The summed E-state index contributed by atoms with van der Waals surface area (Å²) in [6.45, 7) is 5.04. The van der Waals surface area contributed by atoms with Crippen molar-refractivity contribution in [1.82, 2.24) is 4.98 Å². The second kappa shape index (κ2) is 11.6. The van der Waals surface area contributed by atoms with Gasteiger partial charge in [-0.05, 0) is 55.9 Å². The van der Waals surface area contributed by atoms with Crippen LogP contribution in [0.5, 0.6) is 11.6 Å². The first-order valence-electron chi connectivity index (χ1n) is 12.0. The maximum Gasteiger partial charge on any atom is 0.314 e. The molecule has 0 bridgehead atoms. The second-order valence-corrected chi connectivity index (χ2v) is 9.19. The van der Waals surface area contributed by atoms with E-state index in [1.165, 1.54) is 57.8 Å². The van der Waals surface area contributed by atoms with E-state index in [0.29, 0.717) is 18.2 Å². The number of rotatable bonds is 9. The minimum Gasteiger partial charge on any atom is -0.478 e. The summed E-state index contributed by atoms with van der Waals surface area (Å²) in [6.07, 6.45) is 16.7. The zero-order valence-electron chi connectivity index (χ0n) is 18.4. The maximum absolute atomic E-state index is 12.5. The molecule has 0 aliphatic heterocycles. The van der Waals surface area contributed by atoms with Crippen molar-refractivity contribution >= 4 is 5.97 Å². The Labute approximate surface area is 176 Å². The highest BCUT2D eigenvalue weighted by molar-refractivity contribution is 5.75. The fraction of sp³-hybridized carbons (Fsp3) is 0.760. The second-order valence-electron chi connectivity index (χ2n) is 9.19. The van der Waals surface area contributed by atoms with E-state index in [1.54, 1.807) is 18.3 Å². The molecule has 2 aliphatic rings. The Bertz CT molecular complexity index is 599. The van der Waals surface area contributed by atoms with Crippen molar-refractivity contribution < 1.29 is 14.3 Å². The fourth-order valence-corrected chi connectivity index (χ4v) is 5.01. The Morgan fingerprint density at radius 3 is 2.10 bits per heavy atom. The van der Waals surface area contributed by atoms with Gasteiger partial charge in [0.05, 0.1) is 18.7 Å². The Morgan fingerprint density at radius 1 is 0.931 bits per heavy atom. The number of aromatic nitrogens is 1.